The Bertz CT molecular complexity index is 888. The van der Waals surface area contributed by atoms with Crippen molar-refractivity contribution in [1.29, 1.82) is 0 Å². The number of rotatable bonds is 5. The maximum Gasteiger partial charge on any atom is 1.00 e. The molecule has 1 aromatic carbocycles. The molecule has 0 atom stereocenters. The molecule has 0 aromatic heterocycles. The van der Waals surface area contributed by atoms with Gasteiger partial charge in [0.1, 0.15) is 16.7 Å². The molecular formula is C14H19KNO6S2+. The fraction of sp³-hybridized carbons (Fsp3) is 0.500. The normalized spacial score (nSPS) is 16.7. The first-order valence-electron chi connectivity index (χ1n) is 7.01. The Morgan fingerprint density at radius 3 is 2.29 bits per heavy atom. The molecule has 2 rings (SSSR count). The van der Waals surface area contributed by atoms with E-state index in [2.05, 4.69) is 0 Å². The minimum Gasteiger partial charge on any atom is -0.744 e. The van der Waals surface area contributed by atoms with Crippen molar-refractivity contribution in [3.63, 3.8) is 0 Å². The van der Waals surface area contributed by atoms with E-state index in [-0.39, 0.29) is 68.5 Å². The van der Waals surface area contributed by atoms with Crippen LogP contribution in [0.15, 0.2) is 23.1 Å². The summed E-state index contributed by atoms with van der Waals surface area (Å²) in [5.41, 5.74) is 1.89. The first-order valence-corrected chi connectivity index (χ1v) is 10.0. The Balaban J connectivity index is 0.00000288. The van der Waals surface area contributed by atoms with Gasteiger partial charge in [0.05, 0.1) is 16.1 Å². The van der Waals surface area contributed by atoms with Crippen LogP contribution in [-0.2, 0) is 25.7 Å². The molecule has 10 heteroatoms. The van der Waals surface area contributed by atoms with E-state index < -0.39 is 25.7 Å². The smallest absolute Gasteiger partial charge is 0.744 e. The predicted molar refractivity (Wildman–Crippen MR) is 83.9 cm³/mol. The molecule has 0 spiro atoms. The molecule has 0 radical (unpaired) electrons. The Labute approximate surface area is 185 Å². The van der Waals surface area contributed by atoms with Crippen LogP contribution in [0.1, 0.15) is 32.8 Å². The molecule has 0 unspecified atom stereocenters. The van der Waals surface area contributed by atoms with Crippen LogP contribution in [0.4, 0.5) is 5.69 Å². The standard InChI is InChI=1S/C14H19NO6S2.K/c1-10-14(2,3)12-9-11(23(19,20)21)5-6-13(12)15(10)7-4-8-22(16,17)18;/h5-6,9H,4,7-8H2,1-3H3,(H-,16,17,18,19,20,21);/q;+1. The average Bonchev–Trinajstić information content (AvgIpc) is 2.57. The fourth-order valence-corrected chi connectivity index (χ4v) is 3.80. The van der Waals surface area contributed by atoms with Crippen LogP contribution in [0.5, 0.6) is 0 Å². The summed E-state index contributed by atoms with van der Waals surface area (Å²) in [5.74, 6) is -0.348. The third kappa shape index (κ3) is 4.74. The first-order chi connectivity index (χ1) is 10.3. The van der Waals surface area contributed by atoms with Crippen molar-refractivity contribution in [1.82, 2.24) is 0 Å². The van der Waals surface area contributed by atoms with Gasteiger partial charge in [-0.05, 0) is 26.0 Å². The van der Waals surface area contributed by atoms with E-state index in [1.807, 2.05) is 25.3 Å². The summed E-state index contributed by atoms with van der Waals surface area (Å²) in [4.78, 5) is -0.281. The van der Waals surface area contributed by atoms with Gasteiger partial charge in [0.2, 0.25) is 5.69 Å². The van der Waals surface area contributed by atoms with Crippen LogP contribution >= 0.6 is 0 Å². The van der Waals surface area contributed by atoms with Crippen LogP contribution < -0.4 is 51.4 Å². The summed E-state index contributed by atoms with van der Waals surface area (Å²) in [6.07, 6.45) is 0.229. The first kappa shape index (κ1) is 22.4. The zero-order chi connectivity index (χ0) is 17.6. The molecule has 1 heterocycles. The van der Waals surface area contributed by atoms with E-state index in [9.17, 15) is 21.4 Å². The van der Waals surface area contributed by atoms with Crippen LogP contribution in [0.3, 0.4) is 0 Å². The molecule has 0 fully saturated rings. The maximum absolute atomic E-state index is 11.2. The fourth-order valence-electron chi connectivity index (χ4n) is 2.81. The van der Waals surface area contributed by atoms with E-state index in [1.54, 1.807) is 6.07 Å². The number of hydrogen-bond donors (Lipinski definition) is 1. The van der Waals surface area contributed by atoms with E-state index >= 15 is 0 Å². The Morgan fingerprint density at radius 2 is 1.79 bits per heavy atom. The van der Waals surface area contributed by atoms with Crippen molar-refractivity contribution in [3.05, 3.63) is 23.8 Å². The van der Waals surface area contributed by atoms with Crippen molar-refractivity contribution in [3.8, 4) is 0 Å². The molecule has 128 valence electrons. The third-order valence-electron chi connectivity index (χ3n) is 4.31. The Kier molecular flexibility index (Phi) is 7.02. The van der Waals surface area contributed by atoms with Crippen molar-refractivity contribution < 1.29 is 81.9 Å². The van der Waals surface area contributed by atoms with Gasteiger partial charge in [-0.3, -0.25) is 4.55 Å². The second-order valence-electron chi connectivity index (χ2n) is 6.13. The van der Waals surface area contributed by atoms with E-state index in [1.165, 1.54) is 12.1 Å². The van der Waals surface area contributed by atoms with Gasteiger partial charge in [0.25, 0.3) is 10.1 Å². The second-order valence-corrected chi connectivity index (χ2v) is 9.09. The van der Waals surface area contributed by atoms with Crippen molar-refractivity contribution >= 4 is 31.6 Å². The molecule has 24 heavy (non-hydrogen) atoms. The van der Waals surface area contributed by atoms with Crippen LogP contribution in [0, 0.1) is 0 Å². The summed E-state index contributed by atoms with van der Waals surface area (Å²) in [6.45, 7) is 6.06. The molecule has 0 amide bonds. The second kappa shape index (κ2) is 7.53. The number of hydrogen-bond acceptors (Lipinski definition) is 5. The van der Waals surface area contributed by atoms with E-state index in [0.29, 0.717) is 12.1 Å². The topological polar surface area (TPSA) is 115 Å². The van der Waals surface area contributed by atoms with Crippen LogP contribution in [0.2, 0.25) is 0 Å². The Hall–Kier alpha value is 0.346. The van der Waals surface area contributed by atoms with E-state index in [0.717, 1.165) is 11.4 Å². The SMILES string of the molecule is CC1=[N+](CCCS(=O)(=O)O)c2ccc(S(=O)(=O)[O-])cc2C1(C)C.[K+]. The molecule has 0 aliphatic carbocycles. The van der Waals surface area contributed by atoms with Crippen molar-refractivity contribution in [2.45, 2.75) is 37.5 Å². The number of benzene rings is 1. The van der Waals surface area contributed by atoms with E-state index in [4.69, 9.17) is 4.55 Å². The summed E-state index contributed by atoms with van der Waals surface area (Å²) >= 11 is 0. The summed E-state index contributed by atoms with van der Waals surface area (Å²) in [5, 5.41) is 0. The van der Waals surface area contributed by atoms with Gasteiger partial charge < -0.3 is 4.55 Å². The average molecular weight is 401 g/mol. The quantitative estimate of drug-likeness (QED) is 0.357. The molecule has 1 aliphatic heterocycles. The third-order valence-corrected chi connectivity index (χ3v) is 5.95. The van der Waals surface area contributed by atoms with Crippen molar-refractivity contribution in [2.24, 2.45) is 0 Å². The van der Waals surface area contributed by atoms with Gasteiger partial charge in [-0.1, -0.05) is 0 Å². The van der Waals surface area contributed by atoms with Crippen LogP contribution in [-0.4, -0.2) is 48.5 Å². The van der Waals surface area contributed by atoms with Gasteiger partial charge in [-0.25, -0.2) is 8.42 Å². The monoisotopic (exact) mass is 400 g/mol. The predicted octanol–water partition coefficient (Wildman–Crippen LogP) is -1.73. The number of fused-ring (bicyclic) bond motifs is 1. The largest absolute Gasteiger partial charge is 1.00 e. The minimum absolute atomic E-state index is 0. The number of nitrogens with zero attached hydrogens (tertiary/aromatic N) is 1. The molecule has 7 nitrogen and oxygen atoms in total. The summed E-state index contributed by atoms with van der Waals surface area (Å²) in [7, 11) is -8.56. The molecule has 1 aromatic rings. The Morgan fingerprint density at radius 1 is 1.21 bits per heavy atom. The summed E-state index contributed by atoms with van der Waals surface area (Å²) < 4.78 is 66.1. The maximum atomic E-state index is 11.2. The molecular weight excluding hydrogens is 381 g/mol. The van der Waals surface area contributed by atoms with Gasteiger partial charge in [-0.2, -0.15) is 13.0 Å². The molecule has 0 saturated heterocycles. The molecule has 1 N–H and O–H groups in total. The van der Waals surface area contributed by atoms with Gasteiger partial charge in [0.15, 0.2) is 5.71 Å². The molecule has 0 bridgehead atoms. The van der Waals surface area contributed by atoms with Crippen LogP contribution in [0.25, 0.3) is 0 Å². The van der Waals surface area contributed by atoms with Gasteiger partial charge in [0, 0.05) is 25.0 Å². The molecule has 0 saturated carbocycles. The van der Waals surface area contributed by atoms with Gasteiger partial charge >= 0.3 is 51.4 Å². The van der Waals surface area contributed by atoms with Crippen molar-refractivity contribution in [2.75, 3.05) is 12.3 Å². The van der Waals surface area contributed by atoms with Gasteiger partial charge in [-0.15, -0.1) is 0 Å². The molecule has 1 aliphatic rings. The minimum atomic E-state index is -4.54. The summed E-state index contributed by atoms with van der Waals surface area (Å²) in [6, 6.07) is 4.20. The zero-order valence-corrected chi connectivity index (χ0v) is 18.9. The zero-order valence-electron chi connectivity index (χ0n) is 14.1.